The number of carbonyl (C=O) groups excluding carboxylic acids is 1. The van der Waals surface area contributed by atoms with Crippen LogP contribution in [-0.4, -0.2) is 41.1 Å². The molecule has 5 heteroatoms. The van der Waals surface area contributed by atoms with Crippen molar-refractivity contribution in [3.63, 3.8) is 0 Å². The Balaban J connectivity index is 1.90. The summed E-state index contributed by atoms with van der Waals surface area (Å²) in [6, 6.07) is 7.80. The maximum atomic E-state index is 12.0. The third-order valence-electron chi connectivity index (χ3n) is 4.13. The number of carboxylic acids is 1. The Morgan fingerprint density at radius 3 is 2.65 bits per heavy atom. The zero-order valence-corrected chi connectivity index (χ0v) is 12.0. The summed E-state index contributed by atoms with van der Waals surface area (Å²) in [6.45, 7) is 3.55. The lowest BCUT2D eigenvalue weighted by atomic mass is 9.78. The minimum absolute atomic E-state index is 0.330. The highest BCUT2D eigenvalue weighted by atomic mass is 16.4. The molecule has 0 saturated carbocycles. The van der Waals surface area contributed by atoms with Gasteiger partial charge in [-0.3, -0.25) is 0 Å². The molecule has 1 unspecified atom stereocenters. The number of nitrogens with zero attached hydrogens (tertiary/aromatic N) is 1. The third kappa shape index (κ3) is 2.48. The van der Waals surface area contributed by atoms with Crippen LogP contribution < -0.4 is 5.32 Å². The van der Waals surface area contributed by atoms with Crippen molar-refractivity contribution in [2.45, 2.75) is 31.7 Å². The second-order valence-electron chi connectivity index (χ2n) is 5.71. The van der Waals surface area contributed by atoms with Crippen molar-refractivity contribution in [2.75, 3.05) is 13.6 Å². The minimum atomic E-state index is -1.22. The quantitative estimate of drug-likeness (QED) is 0.881. The summed E-state index contributed by atoms with van der Waals surface area (Å²) in [5.41, 5.74) is 1.38. The van der Waals surface area contributed by atoms with E-state index in [0.717, 1.165) is 6.42 Å². The molecule has 1 aromatic carbocycles. The molecule has 0 fully saturated rings. The molecule has 2 amide bonds. The molecule has 1 atom stereocenters. The summed E-state index contributed by atoms with van der Waals surface area (Å²) in [5, 5.41) is 11.9. The average molecular weight is 276 g/mol. The van der Waals surface area contributed by atoms with Gasteiger partial charge in [0.1, 0.15) is 5.54 Å². The molecule has 0 radical (unpaired) electrons. The summed E-state index contributed by atoms with van der Waals surface area (Å²) in [5.74, 6) is -0.694. The van der Waals surface area contributed by atoms with Gasteiger partial charge in [-0.1, -0.05) is 24.3 Å². The van der Waals surface area contributed by atoms with E-state index in [-0.39, 0.29) is 6.03 Å². The Morgan fingerprint density at radius 1 is 1.40 bits per heavy atom. The number of aliphatic carboxylic acids is 1. The second-order valence-corrected chi connectivity index (χ2v) is 5.71. The fourth-order valence-corrected chi connectivity index (χ4v) is 2.27. The lowest BCUT2D eigenvalue weighted by Gasteiger charge is -2.34. The monoisotopic (exact) mass is 276 g/mol. The van der Waals surface area contributed by atoms with Gasteiger partial charge in [0.25, 0.3) is 0 Å². The molecule has 0 aromatic heterocycles. The van der Waals surface area contributed by atoms with Crippen molar-refractivity contribution in [3.8, 4) is 0 Å². The van der Waals surface area contributed by atoms with Gasteiger partial charge in [0.15, 0.2) is 0 Å². The lowest BCUT2D eigenvalue weighted by Crippen LogP contribution is -2.54. The van der Waals surface area contributed by atoms with Crippen molar-refractivity contribution in [2.24, 2.45) is 0 Å². The van der Waals surface area contributed by atoms with Crippen LogP contribution in [0.15, 0.2) is 24.3 Å². The molecular formula is C15H20N2O3. The van der Waals surface area contributed by atoms with E-state index in [2.05, 4.69) is 17.4 Å². The van der Waals surface area contributed by atoms with E-state index in [0.29, 0.717) is 12.5 Å². The maximum Gasteiger partial charge on any atom is 0.329 e. The molecule has 2 N–H and O–H groups in total. The molecule has 0 aliphatic heterocycles. The Labute approximate surface area is 118 Å². The van der Waals surface area contributed by atoms with Gasteiger partial charge in [-0.25, -0.2) is 9.59 Å². The lowest BCUT2D eigenvalue weighted by molar-refractivity contribution is -0.146. The number of hydrogen-bond acceptors (Lipinski definition) is 2. The van der Waals surface area contributed by atoms with Gasteiger partial charge < -0.3 is 15.3 Å². The van der Waals surface area contributed by atoms with Crippen LogP contribution in [0.1, 0.15) is 30.9 Å². The SMILES string of the molecule is CN(C(=O)NCC1Cc2ccccc21)C(C)(C)C(=O)O. The fourth-order valence-electron chi connectivity index (χ4n) is 2.27. The van der Waals surface area contributed by atoms with Crippen LogP contribution in [-0.2, 0) is 11.2 Å². The van der Waals surface area contributed by atoms with E-state index in [9.17, 15) is 9.59 Å². The molecule has 1 aromatic rings. The zero-order chi connectivity index (χ0) is 14.9. The number of likely N-dealkylation sites (N-methyl/N-ethyl adjacent to an activating group) is 1. The molecular weight excluding hydrogens is 256 g/mol. The number of nitrogens with one attached hydrogen (secondary N) is 1. The van der Waals surface area contributed by atoms with E-state index < -0.39 is 11.5 Å². The standard InChI is InChI=1S/C15H20N2O3/c1-15(2,13(18)19)17(3)14(20)16-9-11-8-10-6-4-5-7-12(10)11/h4-7,11H,8-9H2,1-3H3,(H,16,20)(H,18,19). The van der Waals surface area contributed by atoms with Crippen molar-refractivity contribution in [1.29, 1.82) is 0 Å². The number of rotatable bonds is 4. The first-order valence-corrected chi connectivity index (χ1v) is 6.67. The summed E-state index contributed by atoms with van der Waals surface area (Å²) in [6.07, 6.45) is 0.961. The highest BCUT2D eigenvalue weighted by Crippen LogP contribution is 2.34. The first kappa shape index (κ1) is 14.4. The number of hydrogen-bond donors (Lipinski definition) is 2. The summed E-state index contributed by atoms with van der Waals surface area (Å²) >= 11 is 0. The molecule has 2 rings (SSSR count). The van der Waals surface area contributed by atoms with Crippen LogP contribution >= 0.6 is 0 Å². The maximum absolute atomic E-state index is 12.0. The Bertz CT molecular complexity index is 540. The number of carbonyl (C=O) groups is 2. The number of carboxylic acid groups (broad SMARTS) is 1. The number of benzene rings is 1. The topological polar surface area (TPSA) is 69.6 Å². The van der Waals surface area contributed by atoms with Gasteiger partial charge in [-0.2, -0.15) is 0 Å². The van der Waals surface area contributed by atoms with Crippen LogP contribution in [0.3, 0.4) is 0 Å². The third-order valence-corrected chi connectivity index (χ3v) is 4.13. The van der Waals surface area contributed by atoms with Gasteiger partial charge in [0.05, 0.1) is 0 Å². The van der Waals surface area contributed by atoms with Crippen molar-refractivity contribution >= 4 is 12.0 Å². The summed E-state index contributed by atoms with van der Waals surface area (Å²) in [4.78, 5) is 24.3. The second kappa shape index (κ2) is 5.15. The summed E-state index contributed by atoms with van der Waals surface area (Å²) < 4.78 is 0. The smallest absolute Gasteiger partial charge is 0.329 e. The Hall–Kier alpha value is -2.04. The number of fused-ring (bicyclic) bond motifs is 1. The van der Waals surface area contributed by atoms with Crippen molar-refractivity contribution in [3.05, 3.63) is 35.4 Å². The van der Waals surface area contributed by atoms with Gasteiger partial charge >= 0.3 is 12.0 Å². The van der Waals surface area contributed by atoms with Gasteiger partial charge in [-0.05, 0) is 31.4 Å². The fraction of sp³-hybridized carbons (Fsp3) is 0.467. The van der Waals surface area contributed by atoms with Crippen LogP contribution in [0.25, 0.3) is 0 Å². The van der Waals surface area contributed by atoms with E-state index in [1.54, 1.807) is 0 Å². The molecule has 1 aliphatic rings. The minimum Gasteiger partial charge on any atom is -0.480 e. The van der Waals surface area contributed by atoms with Crippen molar-refractivity contribution < 1.29 is 14.7 Å². The predicted molar refractivity (Wildman–Crippen MR) is 75.8 cm³/mol. The van der Waals surface area contributed by atoms with E-state index in [1.165, 1.54) is 36.9 Å². The van der Waals surface area contributed by atoms with Gasteiger partial charge in [0.2, 0.25) is 0 Å². The Morgan fingerprint density at radius 2 is 2.05 bits per heavy atom. The molecule has 1 aliphatic carbocycles. The predicted octanol–water partition coefficient (Wildman–Crippen LogP) is 1.83. The summed E-state index contributed by atoms with van der Waals surface area (Å²) in [7, 11) is 1.50. The van der Waals surface area contributed by atoms with Gasteiger partial charge in [0, 0.05) is 19.5 Å². The van der Waals surface area contributed by atoms with Crippen molar-refractivity contribution in [1.82, 2.24) is 10.2 Å². The molecule has 0 spiro atoms. The highest BCUT2D eigenvalue weighted by molar-refractivity contribution is 5.85. The van der Waals surface area contributed by atoms with E-state index in [4.69, 9.17) is 5.11 Å². The molecule has 0 heterocycles. The van der Waals surface area contributed by atoms with Gasteiger partial charge in [-0.15, -0.1) is 0 Å². The molecule has 5 nitrogen and oxygen atoms in total. The van der Waals surface area contributed by atoms with Crippen LogP contribution in [0.2, 0.25) is 0 Å². The molecule has 0 saturated heterocycles. The Kier molecular flexibility index (Phi) is 3.70. The van der Waals surface area contributed by atoms with E-state index >= 15 is 0 Å². The molecule has 0 bridgehead atoms. The zero-order valence-electron chi connectivity index (χ0n) is 12.0. The van der Waals surface area contributed by atoms with Crippen LogP contribution in [0, 0.1) is 0 Å². The highest BCUT2D eigenvalue weighted by Gasteiger charge is 2.35. The largest absolute Gasteiger partial charge is 0.480 e. The van der Waals surface area contributed by atoms with Crippen LogP contribution in [0.5, 0.6) is 0 Å². The van der Waals surface area contributed by atoms with Crippen LogP contribution in [0.4, 0.5) is 4.79 Å². The number of amides is 2. The first-order valence-electron chi connectivity index (χ1n) is 6.67. The average Bonchev–Trinajstić information content (AvgIpc) is 2.38. The molecule has 20 heavy (non-hydrogen) atoms. The number of urea groups is 1. The normalized spacial score (nSPS) is 16.9. The first-order chi connectivity index (χ1) is 9.34. The van der Waals surface area contributed by atoms with E-state index in [1.807, 2.05) is 12.1 Å². The molecule has 108 valence electrons.